The molecule has 1 fully saturated rings. The SMILES string of the molecule is O=C(NCCc1csc(-c2ccccc2)n1)[C@H]1CSCN1C(=O)Cc1cccs1. The highest BCUT2D eigenvalue weighted by atomic mass is 32.2. The topological polar surface area (TPSA) is 62.3 Å². The molecule has 3 aromatic rings. The van der Waals surface area contributed by atoms with Crippen molar-refractivity contribution in [3.8, 4) is 10.6 Å². The Balaban J connectivity index is 1.28. The van der Waals surface area contributed by atoms with Crippen molar-refractivity contribution in [2.75, 3.05) is 18.2 Å². The van der Waals surface area contributed by atoms with Crippen LogP contribution in [0, 0.1) is 0 Å². The molecule has 4 rings (SSSR count). The highest BCUT2D eigenvalue weighted by Crippen LogP contribution is 2.24. The molecule has 1 aliphatic heterocycles. The van der Waals surface area contributed by atoms with Gasteiger partial charge in [0.2, 0.25) is 11.8 Å². The Morgan fingerprint density at radius 2 is 2.00 bits per heavy atom. The summed E-state index contributed by atoms with van der Waals surface area (Å²) in [6.45, 7) is 0.519. The largest absolute Gasteiger partial charge is 0.354 e. The molecule has 2 amide bonds. The van der Waals surface area contributed by atoms with E-state index in [0.717, 1.165) is 21.1 Å². The Labute approximate surface area is 182 Å². The van der Waals surface area contributed by atoms with Gasteiger partial charge in [-0.3, -0.25) is 9.59 Å². The first kappa shape index (κ1) is 20.1. The molecule has 1 atom stereocenters. The van der Waals surface area contributed by atoms with Crippen LogP contribution in [0.25, 0.3) is 10.6 Å². The molecule has 5 nitrogen and oxygen atoms in total. The number of nitrogens with one attached hydrogen (secondary N) is 1. The summed E-state index contributed by atoms with van der Waals surface area (Å²) in [5.41, 5.74) is 2.08. The van der Waals surface area contributed by atoms with Crippen LogP contribution in [0.4, 0.5) is 0 Å². The Bertz CT molecular complexity index is 957. The van der Waals surface area contributed by atoms with Crippen LogP contribution in [0.3, 0.4) is 0 Å². The molecule has 0 bridgehead atoms. The average Bonchev–Trinajstić information content (AvgIpc) is 3.50. The number of hydrogen-bond donors (Lipinski definition) is 1. The zero-order valence-corrected chi connectivity index (χ0v) is 18.2. The van der Waals surface area contributed by atoms with Crippen molar-refractivity contribution in [3.05, 3.63) is 63.8 Å². The number of thiophene rings is 1. The van der Waals surface area contributed by atoms with Gasteiger partial charge in [-0.2, -0.15) is 0 Å². The lowest BCUT2D eigenvalue weighted by atomic mass is 10.2. The molecule has 0 radical (unpaired) electrons. The number of thioether (sulfide) groups is 1. The van der Waals surface area contributed by atoms with Gasteiger partial charge in [-0.05, 0) is 11.4 Å². The number of rotatable bonds is 7. The molecule has 0 unspecified atom stereocenters. The summed E-state index contributed by atoms with van der Waals surface area (Å²) in [5.74, 6) is 1.17. The molecule has 0 spiro atoms. The van der Waals surface area contributed by atoms with E-state index in [2.05, 4.69) is 10.3 Å². The fourth-order valence-electron chi connectivity index (χ4n) is 3.14. The molecule has 0 saturated carbocycles. The van der Waals surface area contributed by atoms with Gasteiger partial charge >= 0.3 is 0 Å². The van der Waals surface area contributed by atoms with Gasteiger partial charge in [0, 0.05) is 34.5 Å². The minimum absolute atomic E-state index is 0.0182. The fraction of sp³-hybridized carbons (Fsp3) is 0.286. The summed E-state index contributed by atoms with van der Waals surface area (Å²) in [4.78, 5) is 32.6. The van der Waals surface area contributed by atoms with E-state index in [0.29, 0.717) is 31.0 Å². The second kappa shape index (κ2) is 9.56. The van der Waals surface area contributed by atoms with E-state index in [9.17, 15) is 9.59 Å². The number of thiazole rings is 1. The Morgan fingerprint density at radius 3 is 2.79 bits per heavy atom. The molecule has 3 heterocycles. The second-order valence-electron chi connectivity index (χ2n) is 6.69. The third kappa shape index (κ3) is 5.07. The minimum Gasteiger partial charge on any atom is -0.354 e. The quantitative estimate of drug-likeness (QED) is 0.605. The van der Waals surface area contributed by atoms with Gasteiger partial charge in [0.25, 0.3) is 0 Å². The molecule has 1 saturated heterocycles. The summed E-state index contributed by atoms with van der Waals surface area (Å²) in [6.07, 6.45) is 1.04. The maximum absolute atomic E-state index is 12.6. The maximum Gasteiger partial charge on any atom is 0.243 e. The van der Waals surface area contributed by atoms with Crippen molar-refractivity contribution >= 4 is 46.2 Å². The smallest absolute Gasteiger partial charge is 0.243 e. The van der Waals surface area contributed by atoms with Crippen LogP contribution in [0.15, 0.2) is 53.2 Å². The fourth-order valence-corrected chi connectivity index (χ4v) is 5.87. The summed E-state index contributed by atoms with van der Waals surface area (Å²) < 4.78 is 0. The molecule has 1 N–H and O–H groups in total. The zero-order valence-electron chi connectivity index (χ0n) is 15.7. The van der Waals surface area contributed by atoms with Crippen LogP contribution in [0.2, 0.25) is 0 Å². The normalized spacial score (nSPS) is 16.1. The summed E-state index contributed by atoms with van der Waals surface area (Å²) in [6, 6.07) is 13.6. The molecule has 1 aliphatic rings. The second-order valence-corrected chi connectivity index (χ2v) is 9.58. The molecule has 2 aromatic heterocycles. The molecule has 29 heavy (non-hydrogen) atoms. The highest BCUT2D eigenvalue weighted by Gasteiger charge is 2.34. The van der Waals surface area contributed by atoms with E-state index in [-0.39, 0.29) is 17.9 Å². The monoisotopic (exact) mass is 443 g/mol. The minimum atomic E-state index is -0.386. The van der Waals surface area contributed by atoms with Crippen molar-refractivity contribution in [1.82, 2.24) is 15.2 Å². The van der Waals surface area contributed by atoms with E-state index >= 15 is 0 Å². The van der Waals surface area contributed by atoms with Crippen molar-refractivity contribution < 1.29 is 9.59 Å². The third-order valence-corrected chi connectivity index (χ3v) is 7.49. The van der Waals surface area contributed by atoms with Crippen LogP contribution in [-0.2, 0) is 22.4 Å². The number of carbonyl (C=O) groups excluding carboxylic acids is 2. The molecular formula is C21H21N3O2S3. The molecule has 150 valence electrons. The molecular weight excluding hydrogens is 422 g/mol. The number of amides is 2. The van der Waals surface area contributed by atoms with E-state index in [1.165, 1.54) is 0 Å². The van der Waals surface area contributed by atoms with Crippen LogP contribution < -0.4 is 5.32 Å². The standard InChI is InChI=1S/C21H21N3O2S3/c25-19(11-17-7-4-10-28-17)24-14-27-13-18(24)20(26)22-9-8-16-12-29-21(23-16)15-5-2-1-3-6-15/h1-7,10,12,18H,8-9,11,13-14H2,(H,22,26)/t18-/m1/s1. The van der Waals surface area contributed by atoms with E-state index in [1.54, 1.807) is 39.3 Å². The number of carbonyl (C=O) groups is 2. The van der Waals surface area contributed by atoms with Gasteiger partial charge in [-0.25, -0.2) is 4.98 Å². The maximum atomic E-state index is 12.6. The Morgan fingerprint density at radius 1 is 1.14 bits per heavy atom. The van der Waals surface area contributed by atoms with E-state index < -0.39 is 0 Å². The first-order valence-electron chi connectivity index (χ1n) is 9.38. The predicted octanol–water partition coefficient (Wildman–Crippen LogP) is 3.67. The van der Waals surface area contributed by atoms with Crippen LogP contribution in [-0.4, -0.2) is 45.9 Å². The van der Waals surface area contributed by atoms with Gasteiger partial charge in [0.15, 0.2) is 0 Å². The van der Waals surface area contributed by atoms with Crippen molar-refractivity contribution in [2.45, 2.75) is 18.9 Å². The predicted molar refractivity (Wildman–Crippen MR) is 120 cm³/mol. The van der Waals surface area contributed by atoms with Crippen molar-refractivity contribution in [3.63, 3.8) is 0 Å². The number of benzene rings is 1. The first-order chi connectivity index (χ1) is 14.2. The van der Waals surface area contributed by atoms with Crippen molar-refractivity contribution in [2.24, 2.45) is 0 Å². The van der Waals surface area contributed by atoms with E-state index in [4.69, 9.17) is 0 Å². The zero-order chi connectivity index (χ0) is 20.1. The van der Waals surface area contributed by atoms with Gasteiger partial charge < -0.3 is 10.2 Å². The van der Waals surface area contributed by atoms with Gasteiger partial charge in [-0.1, -0.05) is 36.4 Å². The number of nitrogens with zero attached hydrogens (tertiary/aromatic N) is 2. The average molecular weight is 444 g/mol. The first-order valence-corrected chi connectivity index (χ1v) is 12.3. The lowest BCUT2D eigenvalue weighted by Crippen LogP contribution is -2.48. The summed E-state index contributed by atoms with van der Waals surface area (Å²) in [7, 11) is 0. The van der Waals surface area contributed by atoms with Crippen molar-refractivity contribution in [1.29, 1.82) is 0 Å². The van der Waals surface area contributed by atoms with E-state index in [1.807, 2.05) is 53.2 Å². The van der Waals surface area contributed by atoms with Crippen LogP contribution >= 0.6 is 34.4 Å². The lowest BCUT2D eigenvalue weighted by Gasteiger charge is -2.22. The Hall–Kier alpha value is -2.16. The van der Waals surface area contributed by atoms with Crippen LogP contribution in [0.1, 0.15) is 10.6 Å². The van der Waals surface area contributed by atoms with Gasteiger partial charge in [0.05, 0.1) is 18.0 Å². The molecule has 1 aromatic carbocycles. The van der Waals surface area contributed by atoms with Gasteiger partial charge in [0.1, 0.15) is 11.0 Å². The lowest BCUT2D eigenvalue weighted by molar-refractivity contribution is -0.137. The summed E-state index contributed by atoms with van der Waals surface area (Å²) in [5, 5.41) is 7.98. The third-order valence-electron chi connectivity index (χ3n) is 4.66. The van der Waals surface area contributed by atoms with Gasteiger partial charge in [-0.15, -0.1) is 34.4 Å². The number of hydrogen-bond acceptors (Lipinski definition) is 6. The summed E-state index contributed by atoms with van der Waals surface area (Å²) >= 11 is 4.81. The molecule has 0 aliphatic carbocycles. The highest BCUT2D eigenvalue weighted by molar-refractivity contribution is 7.99. The molecule has 8 heteroatoms. The number of aromatic nitrogens is 1. The van der Waals surface area contributed by atoms with Crippen LogP contribution in [0.5, 0.6) is 0 Å². The Kier molecular flexibility index (Phi) is 6.63.